The van der Waals surface area contributed by atoms with E-state index in [4.69, 9.17) is 15.2 Å². The molecule has 0 saturated heterocycles. The maximum Gasteiger partial charge on any atom is 0.338 e. The SMILES string of the molecule is CC1=C(C(=O)OC(C)C)[C@@H](c2ccccc2F)C(C#N)=C(N)O1. The summed E-state index contributed by atoms with van der Waals surface area (Å²) < 4.78 is 24.7. The van der Waals surface area contributed by atoms with Crippen molar-refractivity contribution in [1.29, 1.82) is 5.26 Å². The Morgan fingerprint density at radius 2 is 2.09 bits per heavy atom. The van der Waals surface area contributed by atoms with Gasteiger partial charge in [0.05, 0.1) is 17.6 Å². The molecule has 6 heteroatoms. The maximum atomic E-state index is 14.2. The van der Waals surface area contributed by atoms with Crippen molar-refractivity contribution in [1.82, 2.24) is 0 Å². The van der Waals surface area contributed by atoms with Gasteiger partial charge in [-0.25, -0.2) is 9.18 Å². The lowest BCUT2D eigenvalue weighted by Gasteiger charge is -2.27. The molecule has 1 aromatic rings. The van der Waals surface area contributed by atoms with E-state index in [9.17, 15) is 14.4 Å². The van der Waals surface area contributed by atoms with Gasteiger partial charge in [0.15, 0.2) is 0 Å². The van der Waals surface area contributed by atoms with Gasteiger partial charge in [-0.05, 0) is 26.8 Å². The predicted molar refractivity (Wildman–Crippen MR) is 81.0 cm³/mol. The molecule has 2 N–H and O–H groups in total. The summed E-state index contributed by atoms with van der Waals surface area (Å²) in [5.41, 5.74) is 5.98. The van der Waals surface area contributed by atoms with Crippen molar-refractivity contribution in [2.24, 2.45) is 5.73 Å². The van der Waals surface area contributed by atoms with Crippen molar-refractivity contribution in [2.75, 3.05) is 0 Å². The van der Waals surface area contributed by atoms with Crippen LogP contribution in [-0.2, 0) is 14.3 Å². The summed E-state index contributed by atoms with van der Waals surface area (Å²) in [4.78, 5) is 12.4. The summed E-state index contributed by atoms with van der Waals surface area (Å²) in [6.07, 6.45) is -0.363. The van der Waals surface area contributed by atoms with Crippen molar-refractivity contribution >= 4 is 5.97 Å². The summed E-state index contributed by atoms with van der Waals surface area (Å²) in [7, 11) is 0. The van der Waals surface area contributed by atoms with Gasteiger partial charge in [-0.1, -0.05) is 18.2 Å². The molecule has 1 aliphatic heterocycles. The summed E-state index contributed by atoms with van der Waals surface area (Å²) >= 11 is 0. The molecule has 2 rings (SSSR count). The van der Waals surface area contributed by atoms with Crippen LogP contribution in [0, 0.1) is 17.1 Å². The first-order valence-electron chi connectivity index (χ1n) is 7.10. The van der Waals surface area contributed by atoms with Gasteiger partial charge in [0.1, 0.15) is 23.2 Å². The molecular weight excluding hydrogens is 299 g/mol. The fourth-order valence-corrected chi connectivity index (χ4v) is 2.44. The van der Waals surface area contributed by atoms with Gasteiger partial charge in [-0.15, -0.1) is 0 Å². The highest BCUT2D eigenvalue weighted by Gasteiger charge is 2.37. The Morgan fingerprint density at radius 1 is 1.43 bits per heavy atom. The molecule has 0 amide bonds. The zero-order valence-electron chi connectivity index (χ0n) is 13.1. The fourth-order valence-electron chi connectivity index (χ4n) is 2.44. The number of nitrogens with zero attached hydrogens (tertiary/aromatic N) is 1. The molecule has 0 aromatic heterocycles. The van der Waals surface area contributed by atoms with E-state index in [2.05, 4.69) is 0 Å². The number of esters is 1. The van der Waals surface area contributed by atoms with Crippen LogP contribution >= 0.6 is 0 Å². The third kappa shape index (κ3) is 3.19. The van der Waals surface area contributed by atoms with Crippen LogP contribution in [0.1, 0.15) is 32.3 Å². The Bertz CT molecular complexity index is 744. The molecule has 0 spiro atoms. The number of carbonyl (C=O) groups excluding carboxylic acids is 1. The molecule has 1 atom stereocenters. The molecular formula is C17H17FN2O3. The van der Waals surface area contributed by atoms with Crippen LogP contribution < -0.4 is 5.73 Å². The zero-order valence-corrected chi connectivity index (χ0v) is 13.1. The molecule has 1 aromatic carbocycles. The summed E-state index contributed by atoms with van der Waals surface area (Å²) in [6.45, 7) is 4.93. The molecule has 5 nitrogen and oxygen atoms in total. The summed E-state index contributed by atoms with van der Waals surface area (Å²) in [6, 6.07) is 7.83. The quantitative estimate of drug-likeness (QED) is 0.867. The molecule has 120 valence electrons. The first-order valence-corrected chi connectivity index (χ1v) is 7.10. The van der Waals surface area contributed by atoms with E-state index in [1.165, 1.54) is 25.1 Å². The monoisotopic (exact) mass is 316 g/mol. The molecule has 0 unspecified atom stereocenters. The van der Waals surface area contributed by atoms with Crippen molar-refractivity contribution in [2.45, 2.75) is 32.8 Å². The van der Waals surface area contributed by atoms with Crippen molar-refractivity contribution in [3.05, 3.63) is 58.4 Å². The van der Waals surface area contributed by atoms with Gasteiger partial charge in [0, 0.05) is 5.56 Å². The van der Waals surface area contributed by atoms with Gasteiger partial charge < -0.3 is 15.2 Å². The highest BCUT2D eigenvalue weighted by atomic mass is 19.1. The number of ether oxygens (including phenoxy) is 2. The van der Waals surface area contributed by atoms with Crippen LogP contribution in [0.3, 0.4) is 0 Å². The van der Waals surface area contributed by atoms with Crippen molar-refractivity contribution in [3.63, 3.8) is 0 Å². The molecule has 0 bridgehead atoms. The minimum Gasteiger partial charge on any atom is -0.459 e. The first-order chi connectivity index (χ1) is 10.9. The number of hydrogen-bond acceptors (Lipinski definition) is 5. The highest BCUT2D eigenvalue weighted by Crippen LogP contribution is 2.40. The topological polar surface area (TPSA) is 85.3 Å². The molecule has 0 aliphatic carbocycles. The third-order valence-electron chi connectivity index (χ3n) is 3.38. The Balaban J connectivity index is 2.63. The van der Waals surface area contributed by atoms with E-state index < -0.39 is 17.7 Å². The Labute approximate surface area is 133 Å². The van der Waals surface area contributed by atoms with E-state index in [1.54, 1.807) is 19.9 Å². The number of carbonyl (C=O) groups is 1. The average molecular weight is 316 g/mol. The van der Waals surface area contributed by atoms with E-state index in [-0.39, 0.29) is 34.5 Å². The smallest absolute Gasteiger partial charge is 0.338 e. The number of nitriles is 1. The van der Waals surface area contributed by atoms with Gasteiger partial charge in [0.25, 0.3) is 0 Å². The second kappa shape index (κ2) is 6.53. The first kappa shape index (κ1) is 16.6. The minimum atomic E-state index is -0.957. The molecule has 0 fully saturated rings. The van der Waals surface area contributed by atoms with Gasteiger partial charge in [-0.2, -0.15) is 5.26 Å². The number of allylic oxidation sites excluding steroid dienone is 2. The van der Waals surface area contributed by atoms with Crippen LogP contribution in [0.2, 0.25) is 0 Å². The second-order valence-electron chi connectivity index (χ2n) is 5.37. The highest BCUT2D eigenvalue weighted by molar-refractivity contribution is 5.92. The van der Waals surface area contributed by atoms with Crippen LogP contribution in [0.5, 0.6) is 0 Å². The van der Waals surface area contributed by atoms with Crippen LogP contribution in [0.4, 0.5) is 4.39 Å². The van der Waals surface area contributed by atoms with E-state index in [0.717, 1.165) is 0 Å². The molecule has 1 heterocycles. The summed E-state index contributed by atoms with van der Waals surface area (Å²) in [5, 5.41) is 9.39. The predicted octanol–water partition coefficient (Wildman–Crippen LogP) is 2.86. The molecule has 1 aliphatic rings. The van der Waals surface area contributed by atoms with E-state index in [0.29, 0.717) is 0 Å². The Kier molecular flexibility index (Phi) is 4.70. The van der Waals surface area contributed by atoms with E-state index in [1.807, 2.05) is 6.07 Å². The Morgan fingerprint density at radius 3 is 2.65 bits per heavy atom. The zero-order chi connectivity index (χ0) is 17.1. The normalized spacial score (nSPS) is 17.8. The fraction of sp³-hybridized carbons (Fsp3) is 0.294. The maximum absolute atomic E-state index is 14.2. The lowest BCUT2D eigenvalue weighted by Crippen LogP contribution is -2.27. The number of benzene rings is 1. The van der Waals surface area contributed by atoms with Crippen LogP contribution in [0.15, 0.2) is 47.1 Å². The lowest BCUT2D eigenvalue weighted by molar-refractivity contribution is -0.143. The molecule has 0 saturated carbocycles. The van der Waals surface area contributed by atoms with Gasteiger partial charge in [-0.3, -0.25) is 0 Å². The Hall–Kier alpha value is -2.81. The third-order valence-corrected chi connectivity index (χ3v) is 3.38. The minimum absolute atomic E-state index is 0.0172. The largest absolute Gasteiger partial charge is 0.459 e. The molecule has 0 radical (unpaired) electrons. The number of nitrogens with two attached hydrogens (primary N) is 1. The summed E-state index contributed by atoms with van der Waals surface area (Å²) in [5.74, 6) is -2.10. The van der Waals surface area contributed by atoms with Gasteiger partial charge >= 0.3 is 5.97 Å². The number of rotatable bonds is 3. The van der Waals surface area contributed by atoms with Crippen LogP contribution in [-0.4, -0.2) is 12.1 Å². The second-order valence-corrected chi connectivity index (χ2v) is 5.37. The standard InChI is InChI=1S/C17H17FN2O3/c1-9(2)22-17(21)14-10(3)23-16(20)12(8-19)15(14)11-6-4-5-7-13(11)18/h4-7,9,15H,20H2,1-3H3/t15-/m0/s1. The lowest BCUT2D eigenvalue weighted by atomic mass is 9.83. The average Bonchev–Trinajstić information content (AvgIpc) is 2.46. The van der Waals surface area contributed by atoms with Gasteiger partial charge in [0.2, 0.25) is 5.88 Å². The van der Waals surface area contributed by atoms with E-state index >= 15 is 0 Å². The van der Waals surface area contributed by atoms with Crippen molar-refractivity contribution < 1.29 is 18.7 Å². The number of hydrogen-bond donors (Lipinski definition) is 1. The van der Waals surface area contributed by atoms with Crippen molar-refractivity contribution in [3.8, 4) is 6.07 Å². The number of halogens is 1. The van der Waals surface area contributed by atoms with Crippen LogP contribution in [0.25, 0.3) is 0 Å². The molecule has 23 heavy (non-hydrogen) atoms.